The largest absolute Gasteiger partial charge is 0.454 e. The number of esters is 1. The third-order valence-corrected chi connectivity index (χ3v) is 4.56. The molecule has 0 saturated carbocycles. The zero-order valence-corrected chi connectivity index (χ0v) is 15.6. The van der Waals surface area contributed by atoms with Crippen LogP contribution < -0.4 is 14.8 Å². The Hall–Kier alpha value is -2.15. The molecule has 0 aromatic heterocycles. The quantitative estimate of drug-likeness (QED) is 0.584. The fourth-order valence-corrected chi connectivity index (χ4v) is 2.75. The van der Waals surface area contributed by atoms with E-state index >= 15 is 0 Å². The summed E-state index contributed by atoms with van der Waals surface area (Å²) in [5.41, 5.74) is 0.499. The molecule has 1 aliphatic rings. The Morgan fingerprint density at radius 1 is 1.04 bits per heavy atom. The minimum Gasteiger partial charge on any atom is -0.454 e. The van der Waals surface area contributed by atoms with Gasteiger partial charge in [-0.15, -0.1) is 0 Å². The molecule has 136 valence electrons. The number of ether oxygens (including phenoxy) is 3. The van der Waals surface area contributed by atoms with Crippen molar-refractivity contribution in [3.8, 4) is 11.5 Å². The molecule has 0 unspecified atom stereocenters. The van der Waals surface area contributed by atoms with Crippen molar-refractivity contribution in [2.75, 3.05) is 12.1 Å². The summed E-state index contributed by atoms with van der Waals surface area (Å²) in [5, 5.41) is 3.24. The number of rotatable bonds is 4. The number of amides is 1. The highest BCUT2D eigenvalue weighted by Crippen LogP contribution is 2.33. The molecular formula is C17H12Cl3NO5. The van der Waals surface area contributed by atoms with E-state index in [4.69, 9.17) is 49.0 Å². The summed E-state index contributed by atoms with van der Waals surface area (Å²) in [6.07, 6.45) is -1.07. The first-order chi connectivity index (χ1) is 12.3. The molecule has 0 bridgehead atoms. The molecule has 6 nitrogen and oxygen atoms in total. The van der Waals surface area contributed by atoms with Crippen LogP contribution in [0.15, 0.2) is 30.3 Å². The molecule has 0 spiro atoms. The molecule has 3 rings (SSSR count). The fourth-order valence-electron chi connectivity index (χ4n) is 2.16. The second-order valence-corrected chi connectivity index (χ2v) is 6.57. The number of fused-ring (bicyclic) bond motifs is 1. The van der Waals surface area contributed by atoms with Crippen LogP contribution in [-0.2, 0) is 9.53 Å². The van der Waals surface area contributed by atoms with Gasteiger partial charge < -0.3 is 19.5 Å². The molecule has 26 heavy (non-hydrogen) atoms. The van der Waals surface area contributed by atoms with Crippen LogP contribution in [0.25, 0.3) is 0 Å². The summed E-state index contributed by atoms with van der Waals surface area (Å²) in [5.74, 6) is -0.258. The molecular weight excluding hydrogens is 405 g/mol. The molecule has 2 aromatic carbocycles. The Kier molecular flexibility index (Phi) is 5.46. The number of carbonyl (C=O) groups is 2. The van der Waals surface area contributed by atoms with Gasteiger partial charge in [0.05, 0.1) is 26.3 Å². The van der Waals surface area contributed by atoms with Gasteiger partial charge in [0.25, 0.3) is 5.91 Å². The van der Waals surface area contributed by atoms with Gasteiger partial charge in [-0.2, -0.15) is 0 Å². The first kappa shape index (κ1) is 18.6. The minimum absolute atomic E-state index is 0.0943. The van der Waals surface area contributed by atoms with Crippen molar-refractivity contribution in [3.05, 3.63) is 51.0 Å². The average Bonchev–Trinajstić information content (AvgIpc) is 3.07. The van der Waals surface area contributed by atoms with Crippen LogP contribution in [0.1, 0.15) is 17.3 Å². The molecule has 1 N–H and O–H groups in total. The van der Waals surface area contributed by atoms with Gasteiger partial charge in [0, 0.05) is 0 Å². The maximum Gasteiger partial charge on any atom is 0.339 e. The first-order valence-electron chi connectivity index (χ1n) is 7.41. The Bertz CT molecular complexity index is 887. The predicted molar refractivity (Wildman–Crippen MR) is 97.5 cm³/mol. The van der Waals surface area contributed by atoms with Gasteiger partial charge in [0.1, 0.15) is 0 Å². The second kappa shape index (κ2) is 7.61. The van der Waals surface area contributed by atoms with E-state index in [1.165, 1.54) is 31.2 Å². The van der Waals surface area contributed by atoms with E-state index in [-0.39, 0.29) is 33.1 Å². The topological polar surface area (TPSA) is 73.9 Å². The van der Waals surface area contributed by atoms with Crippen LogP contribution >= 0.6 is 34.8 Å². The molecule has 0 fully saturated rings. The summed E-state index contributed by atoms with van der Waals surface area (Å²) >= 11 is 17.8. The van der Waals surface area contributed by atoms with Crippen molar-refractivity contribution in [1.82, 2.24) is 0 Å². The second-order valence-electron chi connectivity index (χ2n) is 5.35. The number of hydrogen-bond donors (Lipinski definition) is 1. The van der Waals surface area contributed by atoms with E-state index in [2.05, 4.69) is 5.32 Å². The van der Waals surface area contributed by atoms with E-state index < -0.39 is 18.0 Å². The third-order valence-electron chi connectivity index (χ3n) is 3.53. The maximum atomic E-state index is 12.2. The maximum absolute atomic E-state index is 12.2. The molecule has 0 aliphatic carbocycles. The average molecular weight is 417 g/mol. The van der Waals surface area contributed by atoms with Crippen LogP contribution in [0, 0.1) is 0 Å². The van der Waals surface area contributed by atoms with Gasteiger partial charge in [-0.3, -0.25) is 4.79 Å². The first-order valence-corrected chi connectivity index (χ1v) is 8.54. The number of carbonyl (C=O) groups excluding carboxylic acids is 2. The lowest BCUT2D eigenvalue weighted by atomic mass is 10.2. The predicted octanol–water partition coefficient (Wildman–Crippen LogP) is 4.56. The Labute approximate surface area is 163 Å². The van der Waals surface area contributed by atoms with Gasteiger partial charge in [-0.25, -0.2) is 4.79 Å². The van der Waals surface area contributed by atoms with Gasteiger partial charge in [0.15, 0.2) is 17.6 Å². The highest BCUT2D eigenvalue weighted by Gasteiger charge is 2.22. The summed E-state index contributed by atoms with van der Waals surface area (Å²) in [6.45, 7) is 1.53. The standard InChI is InChI=1S/C17H12Cl3NO5/c1-8(16(22)21-13-6-11(19)10(18)5-12(13)20)26-17(23)9-2-3-14-15(4-9)25-7-24-14/h2-6,8H,7H2,1H3,(H,21,22)/t8-/m0/s1. The van der Waals surface area contributed by atoms with Crippen LogP contribution in [0.4, 0.5) is 5.69 Å². The molecule has 0 saturated heterocycles. The number of nitrogens with one attached hydrogen (secondary N) is 1. The number of benzene rings is 2. The lowest BCUT2D eigenvalue weighted by Gasteiger charge is -2.15. The van der Waals surface area contributed by atoms with Gasteiger partial charge in [0.2, 0.25) is 6.79 Å². The lowest BCUT2D eigenvalue weighted by molar-refractivity contribution is -0.123. The van der Waals surface area contributed by atoms with Gasteiger partial charge in [-0.05, 0) is 37.3 Å². The van der Waals surface area contributed by atoms with Crippen LogP contribution in [0.2, 0.25) is 15.1 Å². The SMILES string of the molecule is C[C@H](OC(=O)c1ccc2c(c1)OCO2)C(=O)Nc1cc(Cl)c(Cl)cc1Cl. The van der Waals surface area contributed by atoms with E-state index in [1.807, 2.05) is 0 Å². The smallest absolute Gasteiger partial charge is 0.339 e. The van der Waals surface area contributed by atoms with E-state index in [9.17, 15) is 9.59 Å². The number of halogens is 3. The highest BCUT2D eigenvalue weighted by atomic mass is 35.5. The summed E-state index contributed by atoms with van der Waals surface area (Å²) in [7, 11) is 0. The van der Waals surface area contributed by atoms with Gasteiger partial charge in [-0.1, -0.05) is 34.8 Å². The molecule has 9 heteroatoms. The van der Waals surface area contributed by atoms with Crippen LogP contribution in [0.3, 0.4) is 0 Å². The summed E-state index contributed by atoms with van der Waals surface area (Å²) < 4.78 is 15.6. The normalized spacial score (nSPS) is 13.2. The summed E-state index contributed by atoms with van der Waals surface area (Å²) in [4.78, 5) is 24.5. The van der Waals surface area contributed by atoms with E-state index in [0.717, 1.165) is 0 Å². The van der Waals surface area contributed by atoms with Crippen molar-refractivity contribution in [1.29, 1.82) is 0 Å². The Morgan fingerprint density at radius 3 is 2.50 bits per heavy atom. The molecule has 2 aromatic rings. The molecule has 1 aliphatic heterocycles. The molecule has 0 radical (unpaired) electrons. The highest BCUT2D eigenvalue weighted by molar-refractivity contribution is 6.44. The van der Waals surface area contributed by atoms with Crippen LogP contribution in [0.5, 0.6) is 11.5 Å². The van der Waals surface area contributed by atoms with Crippen molar-refractivity contribution in [2.24, 2.45) is 0 Å². The van der Waals surface area contributed by atoms with Crippen molar-refractivity contribution in [2.45, 2.75) is 13.0 Å². The zero-order chi connectivity index (χ0) is 18.8. The Balaban J connectivity index is 1.65. The number of anilines is 1. The van der Waals surface area contributed by atoms with Crippen molar-refractivity contribution >= 4 is 52.4 Å². The molecule has 1 amide bonds. The minimum atomic E-state index is -1.07. The lowest BCUT2D eigenvalue weighted by Crippen LogP contribution is -2.30. The fraction of sp³-hybridized carbons (Fsp3) is 0.176. The van der Waals surface area contributed by atoms with E-state index in [1.54, 1.807) is 6.07 Å². The molecule has 1 atom stereocenters. The Morgan fingerprint density at radius 2 is 1.73 bits per heavy atom. The zero-order valence-electron chi connectivity index (χ0n) is 13.3. The monoisotopic (exact) mass is 415 g/mol. The van der Waals surface area contributed by atoms with Crippen LogP contribution in [-0.4, -0.2) is 24.8 Å². The third kappa shape index (κ3) is 3.98. The van der Waals surface area contributed by atoms with Crippen molar-refractivity contribution < 1.29 is 23.8 Å². The molecule has 1 heterocycles. The number of hydrogen-bond acceptors (Lipinski definition) is 5. The van der Waals surface area contributed by atoms with Gasteiger partial charge >= 0.3 is 5.97 Å². The summed E-state index contributed by atoms with van der Waals surface area (Å²) in [6, 6.07) is 7.43. The van der Waals surface area contributed by atoms with E-state index in [0.29, 0.717) is 11.5 Å². The van der Waals surface area contributed by atoms with Crippen molar-refractivity contribution in [3.63, 3.8) is 0 Å².